The van der Waals surface area contributed by atoms with Gasteiger partial charge in [-0.2, -0.15) is 4.68 Å². The maximum atomic E-state index is 12.2. The summed E-state index contributed by atoms with van der Waals surface area (Å²) in [5, 5.41) is 15.2. The van der Waals surface area contributed by atoms with E-state index in [0.717, 1.165) is 23.4 Å². The zero-order valence-electron chi connectivity index (χ0n) is 14.1. The fourth-order valence-electron chi connectivity index (χ4n) is 2.39. The zero-order chi connectivity index (χ0) is 17.6. The Bertz CT molecular complexity index is 877. The highest BCUT2D eigenvalue weighted by Gasteiger charge is 2.12. The first-order valence-corrected chi connectivity index (χ1v) is 9.01. The highest BCUT2D eigenvalue weighted by Crippen LogP contribution is 2.19. The van der Waals surface area contributed by atoms with Gasteiger partial charge in [-0.3, -0.25) is 4.79 Å². The van der Waals surface area contributed by atoms with Crippen molar-refractivity contribution in [3.8, 4) is 5.69 Å². The fraction of sp³-hybridized carbons (Fsp3) is 0.222. The number of thioether (sulfide) groups is 1. The van der Waals surface area contributed by atoms with E-state index in [9.17, 15) is 4.79 Å². The summed E-state index contributed by atoms with van der Waals surface area (Å²) in [7, 11) is 0. The van der Waals surface area contributed by atoms with Crippen molar-refractivity contribution in [2.45, 2.75) is 25.4 Å². The van der Waals surface area contributed by atoms with E-state index in [2.05, 4.69) is 27.8 Å². The molecule has 0 atom stereocenters. The number of hydrogen-bond donors (Lipinski definition) is 1. The Morgan fingerprint density at radius 3 is 2.84 bits per heavy atom. The normalized spacial score (nSPS) is 10.6. The molecule has 0 spiro atoms. The molecule has 0 radical (unpaired) electrons. The monoisotopic (exact) mass is 353 g/mol. The van der Waals surface area contributed by atoms with E-state index in [-0.39, 0.29) is 11.7 Å². The molecule has 7 heteroatoms. The SMILES string of the molecule is CCc1cccc(NC(=O)CSc2nnnn2-c2cccc(C)c2)c1. The van der Waals surface area contributed by atoms with Gasteiger partial charge in [-0.15, -0.1) is 5.10 Å². The molecule has 2 aromatic carbocycles. The highest BCUT2D eigenvalue weighted by atomic mass is 32.2. The van der Waals surface area contributed by atoms with E-state index < -0.39 is 0 Å². The number of nitrogens with zero attached hydrogens (tertiary/aromatic N) is 4. The number of amides is 1. The molecule has 0 aliphatic carbocycles. The summed E-state index contributed by atoms with van der Waals surface area (Å²) in [6, 6.07) is 15.8. The van der Waals surface area contributed by atoms with Gasteiger partial charge in [0.15, 0.2) is 0 Å². The molecular weight excluding hydrogens is 334 g/mol. The first kappa shape index (κ1) is 17.2. The quantitative estimate of drug-likeness (QED) is 0.689. The molecule has 0 bridgehead atoms. The molecule has 3 aromatic rings. The van der Waals surface area contributed by atoms with Gasteiger partial charge in [0.05, 0.1) is 11.4 Å². The lowest BCUT2D eigenvalue weighted by Crippen LogP contribution is -2.14. The number of carbonyl (C=O) groups is 1. The van der Waals surface area contributed by atoms with Crippen molar-refractivity contribution < 1.29 is 4.79 Å². The van der Waals surface area contributed by atoms with Gasteiger partial charge in [0.25, 0.3) is 0 Å². The number of rotatable bonds is 6. The highest BCUT2D eigenvalue weighted by molar-refractivity contribution is 7.99. The topological polar surface area (TPSA) is 72.7 Å². The van der Waals surface area contributed by atoms with Crippen molar-refractivity contribution >= 4 is 23.4 Å². The second-order valence-corrected chi connectivity index (χ2v) is 6.55. The first-order valence-electron chi connectivity index (χ1n) is 8.02. The molecule has 1 aromatic heterocycles. The molecule has 3 rings (SSSR count). The summed E-state index contributed by atoms with van der Waals surface area (Å²) in [4.78, 5) is 12.2. The van der Waals surface area contributed by atoms with Crippen LogP contribution in [0.25, 0.3) is 5.69 Å². The minimum atomic E-state index is -0.0861. The number of aryl methyl sites for hydroxylation is 2. The first-order chi connectivity index (χ1) is 12.2. The maximum absolute atomic E-state index is 12.2. The molecule has 0 fully saturated rings. The second-order valence-electron chi connectivity index (χ2n) is 5.60. The Hall–Kier alpha value is -2.67. The van der Waals surface area contributed by atoms with E-state index in [1.165, 1.54) is 17.3 Å². The van der Waals surface area contributed by atoms with Gasteiger partial charge in [0.1, 0.15) is 0 Å². The molecule has 0 unspecified atom stereocenters. The molecule has 0 saturated heterocycles. The average Bonchev–Trinajstić information content (AvgIpc) is 3.09. The molecule has 6 nitrogen and oxygen atoms in total. The van der Waals surface area contributed by atoms with Crippen LogP contribution in [0, 0.1) is 6.92 Å². The van der Waals surface area contributed by atoms with Crippen molar-refractivity contribution in [1.82, 2.24) is 20.2 Å². The van der Waals surface area contributed by atoms with E-state index in [4.69, 9.17) is 0 Å². The third kappa shape index (κ3) is 4.45. The minimum absolute atomic E-state index is 0.0861. The third-order valence-corrected chi connectivity index (χ3v) is 4.56. The summed E-state index contributed by atoms with van der Waals surface area (Å²) in [6.45, 7) is 4.10. The van der Waals surface area contributed by atoms with Gasteiger partial charge < -0.3 is 5.32 Å². The summed E-state index contributed by atoms with van der Waals surface area (Å²) in [6.07, 6.45) is 0.934. The van der Waals surface area contributed by atoms with Crippen LogP contribution < -0.4 is 5.32 Å². The number of hydrogen-bond acceptors (Lipinski definition) is 5. The Labute approximate surface area is 150 Å². The Morgan fingerprint density at radius 2 is 2.04 bits per heavy atom. The molecule has 128 valence electrons. The van der Waals surface area contributed by atoms with Crippen LogP contribution in [-0.2, 0) is 11.2 Å². The van der Waals surface area contributed by atoms with Gasteiger partial charge >= 0.3 is 0 Å². The smallest absolute Gasteiger partial charge is 0.234 e. The van der Waals surface area contributed by atoms with Crippen LogP contribution in [0.1, 0.15) is 18.1 Å². The number of benzene rings is 2. The van der Waals surface area contributed by atoms with Gasteiger partial charge in [0.2, 0.25) is 11.1 Å². The molecule has 1 amide bonds. The molecule has 0 aliphatic heterocycles. The number of aromatic nitrogens is 4. The Balaban J connectivity index is 1.64. The molecule has 0 aliphatic rings. The summed E-state index contributed by atoms with van der Waals surface area (Å²) in [5.74, 6) is 0.153. The van der Waals surface area contributed by atoms with Crippen LogP contribution in [0.15, 0.2) is 53.7 Å². The van der Waals surface area contributed by atoms with Crippen molar-refractivity contribution in [3.63, 3.8) is 0 Å². The summed E-state index contributed by atoms with van der Waals surface area (Å²) >= 11 is 1.31. The average molecular weight is 353 g/mol. The van der Waals surface area contributed by atoms with Crippen LogP contribution >= 0.6 is 11.8 Å². The van der Waals surface area contributed by atoms with Crippen LogP contribution in [0.4, 0.5) is 5.69 Å². The predicted octanol–water partition coefficient (Wildman–Crippen LogP) is 3.26. The minimum Gasteiger partial charge on any atom is -0.325 e. The molecule has 1 heterocycles. The van der Waals surface area contributed by atoms with E-state index in [0.29, 0.717) is 5.16 Å². The zero-order valence-corrected chi connectivity index (χ0v) is 15.0. The van der Waals surface area contributed by atoms with E-state index >= 15 is 0 Å². The molecular formula is C18H19N5OS. The largest absolute Gasteiger partial charge is 0.325 e. The Morgan fingerprint density at radius 1 is 1.20 bits per heavy atom. The van der Waals surface area contributed by atoms with Crippen LogP contribution in [0.5, 0.6) is 0 Å². The van der Waals surface area contributed by atoms with Gasteiger partial charge in [0, 0.05) is 5.69 Å². The number of tetrazole rings is 1. The van der Waals surface area contributed by atoms with Gasteiger partial charge in [-0.05, 0) is 59.2 Å². The van der Waals surface area contributed by atoms with E-state index in [1.54, 1.807) is 4.68 Å². The lowest BCUT2D eigenvalue weighted by molar-refractivity contribution is -0.113. The standard InChI is InChI=1S/C18H19N5OS/c1-3-14-7-5-8-15(11-14)19-17(24)12-25-18-20-21-22-23(18)16-9-4-6-13(2)10-16/h4-11H,3,12H2,1-2H3,(H,19,24). The summed E-state index contributed by atoms with van der Waals surface area (Å²) < 4.78 is 1.64. The summed E-state index contributed by atoms with van der Waals surface area (Å²) in [5.41, 5.74) is 4.00. The van der Waals surface area contributed by atoms with Crippen molar-refractivity contribution in [2.75, 3.05) is 11.1 Å². The number of anilines is 1. The van der Waals surface area contributed by atoms with Gasteiger partial charge in [-0.25, -0.2) is 0 Å². The van der Waals surface area contributed by atoms with E-state index in [1.807, 2.05) is 55.5 Å². The molecule has 25 heavy (non-hydrogen) atoms. The number of nitrogens with one attached hydrogen (secondary N) is 1. The second kappa shape index (κ2) is 7.94. The lowest BCUT2D eigenvalue weighted by Gasteiger charge is -2.07. The third-order valence-electron chi connectivity index (χ3n) is 3.64. The van der Waals surface area contributed by atoms with Crippen LogP contribution in [0.3, 0.4) is 0 Å². The molecule has 1 N–H and O–H groups in total. The van der Waals surface area contributed by atoms with Crippen molar-refractivity contribution in [2.24, 2.45) is 0 Å². The maximum Gasteiger partial charge on any atom is 0.234 e. The van der Waals surface area contributed by atoms with Crippen LogP contribution in [0.2, 0.25) is 0 Å². The lowest BCUT2D eigenvalue weighted by atomic mass is 10.1. The number of carbonyl (C=O) groups excluding carboxylic acids is 1. The van der Waals surface area contributed by atoms with Crippen molar-refractivity contribution in [3.05, 3.63) is 59.7 Å². The van der Waals surface area contributed by atoms with Gasteiger partial charge in [-0.1, -0.05) is 43.0 Å². The predicted molar refractivity (Wildman–Crippen MR) is 99.1 cm³/mol. The van der Waals surface area contributed by atoms with Crippen molar-refractivity contribution in [1.29, 1.82) is 0 Å². The fourth-order valence-corrected chi connectivity index (χ4v) is 3.08. The molecule has 0 saturated carbocycles. The Kier molecular flexibility index (Phi) is 5.45. The van der Waals surface area contributed by atoms with Crippen LogP contribution in [-0.4, -0.2) is 31.9 Å².